The molecule has 3 N–H and O–H groups in total. The summed E-state index contributed by atoms with van der Waals surface area (Å²) in [4.78, 5) is 28.3. The lowest BCUT2D eigenvalue weighted by Gasteiger charge is -2.27. The summed E-state index contributed by atoms with van der Waals surface area (Å²) in [6.07, 6.45) is 6.86. The standard InChI is InChI=1S/C29H33N7O/c1-4-12-31-19-22(3)26-11-13-32-29(34-26)35-27-18-25(10-5-21(27)2)33-28(37)24-8-6-23(7-9-24)20-36-16-14-30-15-17-36/h4-13,18-19,30H,3,14-17,20H2,1-2H3,(H,33,37)(H,32,34,35)/b12-4-,31-19?. The van der Waals surface area contributed by atoms with E-state index in [1.807, 2.05) is 62.4 Å². The van der Waals surface area contributed by atoms with Crippen molar-refractivity contribution in [3.8, 4) is 0 Å². The molecule has 3 aromatic rings. The third-order valence-electron chi connectivity index (χ3n) is 6.02. The van der Waals surface area contributed by atoms with Gasteiger partial charge in [-0.05, 0) is 55.3 Å². The Bertz CT molecular complexity index is 1290. The molecule has 8 heteroatoms. The number of allylic oxidation sites excluding steroid dienone is 2. The molecule has 190 valence electrons. The normalized spacial score (nSPS) is 14.2. The van der Waals surface area contributed by atoms with Crippen LogP contribution >= 0.6 is 0 Å². The van der Waals surface area contributed by atoms with Gasteiger partial charge in [-0.15, -0.1) is 0 Å². The highest BCUT2D eigenvalue weighted by atomic mass is 16.1. The van der Waals surface area contributed by atoms with Crippen molar-refractivity contribution in [2.24, 2.45) is 4.99 Å². The zero-order chi connectivity index (χ0) is 26.0. The predicted molar refractivity (Wildman–Crippen MR) is 151 cm³/mol. The zero-order valence-electron chi connectivity index (χ0n) is 21.4. The van der Waals surface area contributed by atoms with Gasteiger partial charge in [0.05, 0.1) is 5.69 Å². The van der Waals surface area contributed by atoms with Gasteiger partial charge in [-0.2, -0.15) is 0 Å². The minimum atomic E-state index is -0.154. The van der Waals surface area contributed by atoms with Gasteiger partial charge in [0.1, 0.15) is 0 Å². The number of nitrogens with one attached hydrogen (secondary N) is 3. The van der Waals surface area contributed by atoms with Gasteiger partial charge in [0.25, 0.3) is 5.91 Å². The van der Waals surface area contributed by atoms with E-state index in [1.165, 1.54) is 5.56 Å². The van der Waals surface area contributed by atoms with Crippen LogP contribution in [0, 0.1) is 6.92 Å². The highest BCUT2D eigenvalue weighted by Gasteiger charge is 2.12. The van der Waals surface area contributed by atoms with E-state index < -0.39 is 0 Å². The minimum absolute atomic E-state index is 0.154. The number of hydrogen-bond donors (Lipinski definition) is 3. The number of hydrogen-bond acceptors (Lipinski definition) is 7. The molecule has 0 bridgehead atoms. The van der Waals surface area contributed by atoms with Gasteiger partial charge in [-0.3, -0.25) is 14.7 Å². The molecule has 0 aliphatic carbocycles. The fraction of sp³-hybridized carbons (Fsp3) is 0.241. The van der Waals surface area contributed by atoms with Crippen LogP contribution in [0.2, 0.25) is 0 Å². The van der Waals surface area contributed by atoms with Crippen molar-refractivity contribution < 1.29 is 4.79 Å². The van der Waals surface area contributed by atoms with Crippen LogP contribution in [0.25, 0.3) is 5.57 Å². The number of rotatable bonds is 9. The third-order valence-corrected chi connectivity index (χ3v) is 6.02. The van der Waals surface area contributed by atoms with Crippen LogP contribution in [0.3, 0.4) is 0 Å². The topological polar surface area (TPSA) is 94.5 Å². The Labute approximate surface area is 218 Å². The van der Waals surface area contributed by atoms with E-state index in [1.54, 1.807) is 24.7 Å². The Hall–Kier alpha value is -4.14. The summed E-state index contributed by atoms with van der Waals surface area (Å²) < 4.78 is 0. The molecule has 8 nitrogen and oxygen atoms in total. The first-order valence-electron chi connectivity index (χ1n) is 12.4. The van der Waals surface area contributed by atoms with Crippen LogP contribution in [0.4, 0.5) is 17.3 Å². The van der Waals surface area contributed by atoms with E-state index in [9.17, 15) is 4.79 Å². The predicted octanol–water partition coefficient (Wildman–Crippen LogP) is 4.80. The lowest BCUT2D eigenvalue weighted by Crippen LogP contribution is -2.42. The van der Waals surface area contributed by atoms with Crippen LogP contribution in [0.15, 0.2) is 78.6 Å². The molecule has 4 rings (SSSR count). The highest BCUT2D eigenvalue weighted by molar-refractivity contribution is 6.08. The highest BCUT2D eigenvalue weighted by Crippen LogP contribution is 2.24. The average Bonchev–Trinajstić information content (AvgIpc) is 2.92. The number of aliphatic imine (C=N–C) groups is 1. The van der Waals surface area contributed by atoms with Crippen molar-refractivity contribution in [2.75, 3.05) is 36.8 Å². The quantitative estimate of drug-likeness (QED) is 0.369. The molecule has 2 aromatic carbocycles. The fourth-order valence-corrected chi connectivity index (χ4v) is 3.93. The number of aryl methyl sites for hydroxylation is 1. The molecule has 1 amide bonds. The van der Waals surface area contributed by atoms with Crippen molar-refractivity contribution in [3.05, 3.63) is 96.0 Å². The summed E-state index contributed by atoms with van der Waals surface area (Å²) in [5.74, 6) is 0.281. The first-order valence-corrected chi connectivity index (χ1v) is 12.4. The number of benzene rings is 2. The molecule has 0 saturated carbocycles. The van der Waals surface area contributed by atoms with Gasteiger partial charge in [0.15, 0.2) is 0 Å². The van der Waals surface area contributed by atoms with E-state index in [0.29, 0.717) is 28.5 Å². The molecule has 0 atom stereocenters. The van der Waals surface area contributed by atoms with Crippen LogP contribution in [-0.4, -0.2) is 53.2 Å². The zero-order valence-corrected chi connectivity index (χ0v) is 21.4. The Balaban J connectivity index is 1.41. The van der Waals surface area contributed by atoms with Gasteiger partial charge >= 0.3 is 0 Å². The SMILES string of the molecule is C=C(C=N/C=C\C)c1ccnc(Nc2cc(NC(=O)c3ccc(CN4CCNCC4)cc3)ccc2C)n1. The van der Waals surface area contributed by atoms with Gasteiger partial charge in [-0.25, -0.2) is 9.97 Å². The monoisotopic (exact) mass is 495 g/mol. The molecule has 1 aromatic heterocycles. The molecular formula is C29H33N7O. The molecule has 1 fully saturated rings. The average molecular weight is 496 g/mol. The largest absolute Gasteiger partial charge is 0.324 e. The molecule has 1 aliphatic heterocycles. The Morgan fingerprint density at radius 2 is 1.95 bits per heavy atom. The summed E-state index contributed by atoms with van der Waals surface area (Å²) in [6.45, 7) is 12.9. The Kier molecular flexibility index (Phi) is 8.91. The van der Waals surface area contributed by atoms with Gasteiger partial charge in [0.2, 0.25) is 5.95 Å². The molecule has 1 saturated heterocycles. The van der Waals surface area contributed by atoms with Crippen molar-refractivity contribution in [1.29, 1.82) is 0 Å². The van der Waals surface area contributed by atoms with E-state index >= 15 is 0 Å². The van der Waals surface area contributed by atoms with Gasteiger partial charge in [0, 0.05) is 73.8 Å². The first kappa shape index (κ1) is 25.9. The molecule has 2 heterocycles. The summed E-state index contributed by atoms with van der Waals surface area (Å²) >= 11 is 0. The molecule has 0 unspecified atom stereocenters. The number of nitrogens with zero attached hydrogens (tertiary/aromatic N) is 4. The van der Waals surface area contributed by atoms with Crippen LogP contribution in [0.1, 0.15) is 34.1 Å². The van der Waals surface area contributed by atoms with E-state index in [2.05, 4.69) is 42.4 Å². The van der Waals surface area contributed by atoms with Crippen LogP contribution in [-0.2, 0) is 6.54 Å². The Morgan fingerprint density at radius 1 is 1.16 bits per heavy atom. The fourth-order valence-electron chi connectivity index (χ4n) is 3.93. The summed E-state index contributed by atoms with van der Waals surface area (Å²) in [7, 11) is 0. The summed E-state index contributed by atoms with van der Waals surface area (Å²) in [6, 6.07) is 15.3. The maximum absolute atomic E-state index is 12.9. The molecular weight excluding hydrogens is 462 g/mol. The molecule has 1 aliphatic rings. The molecule has 0 radical (unpaired) electrons. The molecule has 37 heavy (non-hydrogen) atoms. The lowest BCUT2D eigenvalue weighted by molar-refractivity contribution is 0.102. The number of aromatic nitrogens is 2. The second-order valence-electron chi connectivity index (χ2n) is 8.88. The third kappa shape index (κ3) is 7.42. The summed E-state index contributed by atoms with van der Waals surface area (Å²) in [5, 5.41) is 9.61. The van der Waals surface area contributed by atoms with Crippen LogP contribution in [0.5, 0.6) is 0 Å². The summed E-state index contributed by atoms with van der Waals surface area (Å²) in [5.41, 5.74) is 5.66. The number of carbonyl (C=O) groups is 1. The minimum Gasteiger partial charge on any atom is -0.324 e. The number of piperazine rings is 1. The second-order valence-corrected chi connectivity index (χ2v) is 8.88. The van der Waals surface area contributed by atoms with E-state index in [-0.39, 0.29) is 5.91 Å². The number of anilines is 3. The lowest BCUT2D eigenvalue weighted by atomic mass is 10.1. The number of carbonyl (C=O) groups excluding carboxylic acids is 1. The maximum atomic E-state index is 12.9. The molecule has 0 spiro atoms. The van der Waals surface area contributed by atoms with Crippen molar-refractivity contribution in [2.45, 2.75) is 20.4 Å². The van der Waals surface area contributed by atoms with E-state index in [0.717, 1.165) is 44.0 Å². The second kappa shape index (κ2) is 12.7. The van der Waals surface area contributed by atoms with Crippen molar-refractivity contribution in [3.63, 3.8) is 0 Å². The van der Waals surface area contributed by atoms with Gasteiger partial charge in [-0.1, -0.05) is 30.9 Å². The number of amides is 1. The van der Waals surface area contributed by atoms with Crippen LogP contribution < -0.4 is 16.0 Å². The van der Waals surface area contributed by atoms with Crippen molar-refractivity contribution in [1.82, 2.24) is 20.2 Å². The maximum Gasteiger partial charge on any atom is 0.255 e. The van der Waals surface area contributed by atoms with E-state index in [4.69, 9.17) is 0 Å². The Morgan fingerprint density at radius 3 is 2.70 bits per heavy atom. The smallest absolute Gasteiger partial charge is 0.255 e. The first-order chi connectivity index (χ1) is 18.0. The van der Waals surface area contributed by atoms with Gasteiger partial charge < -0.3 is 16.0 Å². The van der Waals surface area contributed by atoms with Crippen molar-refractivity contribution >= 4 is 35.0 Å².